The van der Waals surface area contributed by atoms with Crippen LogP contribution in [0.4, 0.5) is 0 Å². The summed E-state index contributed by atoms with van der Waals surface area (Å²) >= 11 is 0. The standard InChI is InChI=1S/C7H12O.CH2O2/c1-2-6-3-4-7(8)5-6;2-1-3/h6H,2-5H2,1H3;1H,(H,2,3). The molecule has 0 saturated heterocycles. The van der Waals surface area contributed by atoms with Gasteiger partial charge in [0.1, 0.15) is 5.78 Å². The lowest BCUT2D eigenvalue weighted by atomic mass is 10.1. The van der Waals surface area contributed by atoms with Crippen LogP contribution in [0, 0.1) is 5.92 Å². The molecule has 1 unspecified atom stereocenters. The van der Waals surface area contributed by atoms with Crippen molar-refractivity contribution in [2.75, 3.05) is 0 Å². The lowest BCUT2D eigenvalue weighted by Gasteiger charge is -1.98. The highest BCUT2D eigenvalue weighted by atomic mass is 16.3. The zero-order valence-electron chi connectivity index (χ0n) is 6.75. The first-order chi connectivity index (χ1) is 5.24. The van der Waals surface area contributed by atoms with E-state index in [4.69, 9.17) is 9.90 Å². The third-order valence-electron chi connectivity index (χ3n) is 1.93. The van der Waals surface area contributed by atoms with Gasteiger partial charge in [0.15, 0.2) is 0 Å². The Labute approximate surface area is 66.4 Å². The van der Waals surface area contributed by atoms with Crippen LogP contribution in [0.2, 0.25) is 0 Å². The normalized spacial score (nSPS) is 22.3. The van der Waals surface area contributed by atoms with Crippen molar-refractivity contribution in [1.29, 1.82) is 0 Å². The quantitative estimate of drug-likeness (QED) is 0.588. The Morgan fingerprint density at radius 2 is 2.27 bits per heavy atom. The summed E-state index contributed by atoms with van der Waals surface area (Å²) in [4.78, 5) is 19.0. The van der Waals surface area contributed by atoms with E-state index in [0.717, 1.165) is 25.2 Å². The highest BCUT2D eigenvalue weighted by Gasteiger charge is 2.19. The van der Waals surface area contributed by atoms with Crippen molar-refractivity contribution in [2.45, 2.75) is 32.6 Å². The number of Topliss-reactive ketones (excluding diaryl/α,β-unsaturated/α-hetero) is 1. The molecule has 0 spiro atoms. The summed E-state index contributed by atoms with van der Waals surface area (Å²) in [5.74, 6) is 1.19. The average molecular weight is 158 g/mol. The third kappa shape index (κ3) is 4.53. The summed E-state index contributed by atoms with van der Waals surface area (Å²) in [6.07, 6.45) is 4.04. The van der Waals surface area contributed by atoms with Gasteiger partial charge in [0.25, 0.3) is 6.47 Å². The van der Waals surface area contributed by atoms with Crippen LogP contribution >= 0.6 is 0 Å². The summed E-state index contributed by atoms with van der Waals surface area (Å²) in [6, 6.07) is 0. The van der Waals surface area contributed by atoms with Crippen LogP contribution in [0.15, 0.2) is 0 Å². The molecule has 1 N–H and O–H groups in total. The number of hydrogen-bond acceptors (Lipinski definition) is 2. The number of carbonyl (C=O) groups is 2. The second-order valence-corrected chi connectivity index (χ2v) is 2.66. The average Bonchev–Trinajstić information content (AvgIpc) is 2.37. The van der Waals surface area contributed by atoms with Gasteiger partial charge in [-0.2, -0.15) is 0 Å². The molecule has 0 aromatic carbocycles. The zero-order valence-corrected chi connectivity index (χ0v) is 6.75. The van der Waals surface area contributed by atoms with E-state index >= 15 is 0 Å². The smallest absolute Gasteiger partial charge is 0.290 e. The second-order valence-electron chi connectivity index (χ2n) is 2.66. The number of hydrogen-bond donors (Lipinski definition) is 1. The fourth-order valence-corrected chi connectivity index (χ4v) is 1.24. The van der Waals surface area contributed by atoms with Crippen molar-refractivity contribution in [2.24, 2.45) is 5.92 Å². The SMILES string of the molecule is CCC1CCC(=O)C1.O=CO. The van der Waals surface area contributed by atoms with Crippen molar-refractivity contribution in [3.8, 4) is 0 Å². The largest absolute Gasteiger partial charge is 0.483 e. The Hall–Kier alpha value is -0.860. The molecule has 64 valence electrons. The summed E-state index contributed by atoms with van der Waals surface area (Å²) in [7, 11) is 0. The summed E-state index contributed by atoms with van der Waals surface area (Å²) < 4.78 is 0. The van der Waals surface area contributed by atoms with E-state index in [-0.39, 0.29) is 6.47 Å². The van der Waals surface area contributed by atoms with Gasteiger partial charge in [-0.25, -0.2) is 0 Å². The molecular formula is C8H14O3. The van der Waals surface area contributed by atoms with Gasteiger partial charge in [0.05, 0.1) is 0 Å². The first kappa shape index (κ1) is 10.1. The Balaban J connectivity index is 0.000000292. The zero-order chi connectivity index (χ0) is 8.69. The molecule has 1 rings (SSSR count). The lowest BCUT2D eigenvalue weighted by Crippen LogP contribution is -1.91. The van der Waals surface area contributed by atoms with E-state index in [1.54, 1.807) is 0 Å². The van der Waals surface area contributed by atoms with Gasteiger partial charge in [-0.05, 0) is 12.3 Å². The minimum Gasteiger partial charge on any atom is -0.483 e. The van der Waals surface area contributed by atoms with Crippen LogP contribution < -0.4 is 0 Å². The molecule has 3 nitrogen and oxygen atoms in total. The molecule has 3 heteroatoms. The van der Waals surface area contributed by atoms with Gasteiger partial charge >= 0.3 is 0 Å². The molecule has 0 aliphatic heterocycles. The van der Waals surface area contributed by atoms with Gasteiger partial charge in [0.2, 0.25) is 0 Å². The predicted octanol–water partition coefficient (Wildman–Crippen LogP) is 1.47. The number of rotatable bonds is 1. The van der Waals surface area contributed by atoms with Crippen molar-refractivity contribution >= 4 is 12.3 Å². The Morgan fingerprint density at radius 1 is 1.73 bits per heavy atom. The van der Waals surface area contributed by atoms with Crippen LogP contribution in [-0.2, 0) is 9.59 Å². The fraction of sp³-hybridized carbons (Fsp3) is 0.750. The maximum Gasteiger partial charge on any atom is 0.290 e. The molecule has 0 bridgehead atoms. The van der Waals surface area contributed by atoms with E-state index in [1.807, 2.05) is 0 Å². The maximum atomic E-state index is 10.6. The van der Waals surface area contributed by atoms with E-state index in [9.17, 15) is 4.79 Å². The van der Waals surface area contributed by atoms with Crippen LogP contribution in [-0.4, -0.2) is 17.4 Å². The van der Waals surface area contributed by atoms with E-state index in [1.165, 1.54) is 6.42 Å². The Bertz CT molecular complexity index is 131. The topological polar surface area (TPSA) is 54.4 Å². The molecule has 0 aromatic rings. The summed E-state index contributed by atoms with van der Waals surface area (Å²) in [5.41, 5.74) is 0. The van der Waals surface area contributed by atoms with Crippen molar-refractivity contribution in [1.82, 2.24) is 0 Å². The van der Waals surface area contributed by atoms with Crippen molar-refractivity contribution in [3.05, 3.63) is 0 Å². The predicted molar refractivity (Wildman–Crippen MR) is 41.3 cm³/mol. The minimum absolute atomic E-state index is 0.250. The highest BCUT2D eigenvalue weighted by Crippen LogP contribution is 2.23. The first-order valence-corrected chi connectivity index (χ1v) is 3.84. The monoisotopic (exact) mass is 158 g/mol. The van der Waals surface area contributed by atoms with Gasteiger partial charge in [-0.3, -0.25) is 9.59 Å². The molecule has 0 amide bonds. The Morgan fingerprint density at radius 3 is 2.45 bits per heavy atom. The van der Waals surface area contributed by atoms with E-state index in [2.05, 4.69) is 6.92 Å². The molecule has 0 radical (unpaired) electrons. The highest BCUT2D eigenvalue weighted by molar-refractivity contribution is 5.80. The number of ketones is 1. The summed E-state index contributed by atoms with van der Waals surface area (Å²) in [6.45, 7) is 1.91. The molecule has 1 saturated carbocycles. The van der Waals surface area contributed by atoms with Crippen LogP contribution in [0.3, 0.4) is 0 Å². The minimum atomic E-state index is -0.250. The molecule has 1 fully saturated rings. The number of carbonyl (C=O) groups excluding carboxylic acids is 1. The molecule has 0 aromatic heterocycles. The third-order valence-corrected chi connectivity index (χ3v) is 1.93. The van der Waals surface area contributed by atoms with Gasteiger partial charge in [-0.15, -0.1) is 0 Å². The van der Waals surface area contributed by atoms with Gasteiger partial charge in [0, 0.05) is 12.8 Å². The Kier molecular flexibility index (Phi) is 5.43. The van der Waals surface area contributed by atoms with Crippen molar-refractivity contribution < 1.29 is 14.7 Å². The maximum absolute atomic E-state index is 10.6. The molecule has 11 heavy (non-hydrogen) atoms. The van der Waals surface area contributed by atoms with Gasteiger partial charge < -0.3 is 5.11 Å². The van der Waals surface area contributed by atoms with E-state index in [0.29, 0.717) is 5.78 Å². The first-order valence-electron chi connectivity index (χ1n) is 3.84. The van der Waals surface area contributed by atoms with Crippen molar-refractivity contribution in [3.63, 3.8) is 0 Å². The summed E-state index contributed by atoms with van der Waals surface area (Å²) in [5, 5.41) is 6.89. The van der Waals surface area contributed by atoms with Crippen LogP contribution in [0.1, 0.15) is 32.6 Å². The molecule has 1 atom stereocenters. The molecule has 1 aliphatic rings. The van der Waals surface area contributed by atoms with Crippen LogP contribution in [0.5, 0.6) is 0 Å². The molecule has 0 heterocycles. The molecular weight excluding hydrogens is 144 g/mol. The second kappa shape index (κ2) is 5.89. The molecule has 1 aliphatic carbocycles. The van der Waals surface area contributed by atoms with Crippen LogP contribution in [0.25, 0.3) is 0 Å². The van der Waals surface area contributed by atoms with E-state index < -0.39 is 0 Å². The number of carboxylic acid groups (broad SMARTS) is 1. The lowest BCUT2D eigenvalue weighted by molar-refractivity contribution is -0.123. The van der Waals surface area contributed by atoms with Gasteiger partial charge in [-0.1, -0.05) is 13.3 Å². The fourth-order valence-electron chi connectivity index (χ4n) is 1.24.